The zero-order chi connectivity index (χ0) is 28.4. The van der Waals surface area contributed by atoms with Gasteiger partial charge in [0.1, 0.15) is 0 Å². The first-order valence-corrected chi connectivity index (χ1v) is 16.1. The Labute approximate surface area is 233 Å². The van der Waals surface area contributed by atoms with Crippen LogP contribution < -0.4 is 0 Å². The zero-order valence-corrected chi connectivity index (χ0v) is 27.3. The second kappa shape index (κ2) is 12.6. The molecule has 0 saturated heterocycles. The Morgan fingerprint density at radius 3 is 0.838 bits per heavy atom. The van der Waals surface area contributed by atoms with E-state index >= 15 is 0 Å². The predicted molar refractivity (Wildman–Crippen MR) is 162 cm³/mol. The van der Waals surface area contributed by atoms with Gasteiger partial charge in [-0.05, 0) is 82.9 Å². The van der Waals surface area contributed by atoms with E-state index in [1.807, 2.05) is 0 Å². The van der Waals surface area contributed by atoms with Crippen LogP contribution in [-0.4, -0.2) is 22.4 Å². The normalized spacial score (nSPS) is 34.5. The molecule has 37 heavy (non-hydrogen) atoms. The molecular formula is C35H68O2. The Morgan fingerprint density at radius 2 is 0.622 bits per heavy atom. The molecule has 2 fully saturated rings. The van der Waals surface area contributed by atoms with Gasteiger partial charge in [0.15, 0.2) is 0 Å². The zero-order valence-electron chi connectivity index (χ0n) is 27.3. The molecule has 2 aliphatic carbocycles. The van der Waals surface area contributed by atoms with Gasteiger partial charge in [-0.1, -0.05) is 128 Å². The molecule has 0 aromatic carbocycles. The molecule has 0 radical (unpaired) electrons. The van der Waals surface area contributed by atoms with Gasteiger partial charge in [0.05, 0.1) is 12.2 Å². The van der Waals surface area contributed by atoms with Crippen LogP contribution in [0.15, 0.2) is 0 Å². The topological polar surface area (TPSA) is 40.5 Å². The first-order valence-electron chi connectivity index (χ1n) is 16.1. The average molecular weight is 521 g/mol. The van der Waals surface area contributed by atoms with Gasteiger partial charge in [0.25, 0.3) is 0 Å². The van der Waals surface area contributed by atoms with Crippen molar-refractivity contribution in [2.24, 2.45) is 57.2 Å². The minimum Gasteiger partial charge on any atom is -0.393 e. The minimum atomic E-state index is -0.159. The van der Waals surface area contributed by atoms with E-state index in [0.717, 1.165) is 11.8 Å². The summed E-state index contributed by atoms with van der Waals surface area (Å²) in [6, 6.07) is 0. The molecule has 2 nitrogen and oxygen atoms in total. The maximum Gasteiger partial charge on any atom is 0.0606 e. The molecule has 0 bridgehead atoms. The highest BCUT2D eigenvalue weighted by Crippen LogP contribution is 2.51. The van der Waals surface area contributed by atoms with Gasteiger partial charge in [-0.3, -0.25) is 0 Å². The van der Waals surface area contributed by atoms with Crippen molar-refractivity contribution in [3.05, 3.63) is 0 Å². The summed E-state index contributed by atoms with van der Waals surface area (Å²) in [6.45, 7) is 27.9. The summed E-state index contributed by atoms with van der Waals surface area (Å²) < 4.78 is 0. The summed E-state index contributed by atoms with van der Waals surface area (Å²) in [4.78, 5) is 0. The number of aliphatic hydroxyl groups excluding tert-OH is 2. The van der Waals surface area contributed by atoms with Crippen molar-refractivity contribution in [1.29, 1.82) is 0 Å². The third-order valence-electron chi connectivity index (χ3n) is 10.7. The Morgan fingerprint density at radius 1 is 0.405 bits per heavy atom. The number of rotatable bonds is 8. The SMILES string of the molecule is CC(C)(C)C1CC(CCCCCCCC2CC(C(C)(C)C)C(O)C(C(C)(C)C)C2)CC(C(C)(C)C)C1O. The van der Waals surface area contributed by atoms with Gasteiger partial charge in [0, 0.05) is 0 Å². The molecule has 2 saturated carbocycles. The van der Waals surface area contributed by atoms with Crippen molar-refractivity contribution >= 4 is 0 Å². The van der Waals surface area contributed by atoms with Crippen LogP contribution in [0.3, 0.4) is 0 Å². The minimum absolute atomic E-state index is 0.159. The van der Waals surface area contributed by atoms with E-state index < -0.39 is 0 Å². The summed E-state index contributed by atoms with van der Waals surface area (Å²) in [7, 11) is 0. The van der Waals surface area contributed by atoms with Gasteiger partial charge in [-0.2, -0.15) is 0 Å². The van der Waals surface area contributed by atoms with Crippen LogP contribution in [0.25, 0.3) is 0 Å². The fourth-order valence-corrected chi connectivity index (χ4v) is 8.08. The molecular weight excluding hydrogens is 452 g/mol. The molecule has 0 aliphatic heterocycles. The number of unbranched alkanes of at least 4 members (excludes halogenated alkanes) is 4. The lowest BCUT2D eigenvalue weighted by Gasteiger charge is -2.49. The van der Waals surface area contributed by atoms with Crippen LogP contribution in [0, 0.1) is 57.2 Å². The molecule has 0 heterocycles. The summed E-state index contributed by atoms with van der Waals surface area (Å²) in [6.07, 6.45) is 14.0. The van der Waals surface area contributed by atoms with Crippen molar-refractivity contribution in [2.75, 3.05) is 0 Å². The summed E-state index contributed by atoms with van der Waals surface area (Å²) in [5.74, 6) is 3.21. The number of hydrogen-bond acceptors (Lipinski definition) is 2. The van der Waals surface area contributed by atoms with Crippen molar-refractivity contribution in [1.82, 2.24) is 0 Å². The first-order chi connectivity index (χ1) is 16.7. The Kier molecular flexibility index (Phi) is 11.3. The average Bonchev–Trinajstić information content (AvgIpc) is 2.71. The molecule has 4 unspecified atom stereocenters. The van der Waals surface area contributed by atoms with Gasteiger partial charge in [-0.15, -0.1) is 0 Å². The largest absolute Gasteiger partial charge is 0.393 e. The molecule has 2 aliphatic rings. The molecule has 0 aromatic rings. The molecule has 0 spiro atoms. The van der Waals surface area contributed by atoms with E-state index in [4.69, 9.17) is 0 Å². The summed E-state index contributed by atoms with van der Waals surface area (Å²) >= 11 is 0. The van der Waals surface area contributed by atoms with Crippen molar-refractivity contribution in [2.45, 2.75) is 166 Å². The third kappa shape index (κ3) is 9.51. The Bertz CT molecular complexity index is 561. The smallest absolute Gasteiger partial charge is 0.0606 e. The van der Waals surface area contributed by atoms with E-state index in [9.17, 15) is 10.2 Å². The van der Waals surface area contributed by atoms with Crippen LogP contribution in [0.2, 0.25) is 0 Å². The number of hydrogen-bond donors (Lipinski definition) is 2. The van der Waals surface area contributed by atoms with Crippen LogP contribution >= 0.6 is 0 Å². The third-order valence-corrected chi connectivity index (χ3v) is 10.7. The molecule has 0 amide bonds. The van der Waals surface area contributed by atoms with E-state index in [-0.39, 0.29) is 33.9 Å². The quantitative estimate of drug-likeness (QED) is 0.313. The lowest BCUT2D eigenvalue weighted by Crippen LogP contribution is -2.47. The predicted octanol–water partition coefficient (Wildman–Crippen LogP) is 9.91. The highest BCUT2D eigenvalue weighted by atomic mass is 16.3. The maximum atomic E-state index is 11.2. The number of aliphatic hydroxyl groups is 2. The van der Waals surface area contributed by atoms with E-state index in [1.54, 1.807) is 0 Å². The van der Waals surface area contributed by atoms with Crippen molar-refractivity contribution in [3.8, 4) is 0 Å². The standard InChI is InChI=1S/C35H68O2/c1-32(2,3)26-20-24(21-27(30(26)36)33(4,5)6)18-16-14-13-15-17-19-25-22-28(34(7,8)9)31(37)29(23-25)35(10,11)12/h24-31,36-37H,13-23H2,1-12H3. The van der Waals surface area contributed by atoms with Crippen molar-refractivity contribution in [3.63, 3.8) is 0 Å². The van der Waals surface area contributed by atoms with Crippen molar-refractivity contribution < 1.29 is 10.2 Å². The van der Waals surface area contributed by atoms with Crippen LogP contribution in [0.1, 0.15) is 154 Å². The highest BCUT2D eigenvalue weighted by molar-refractivity contribution is 4.96. The fraction of sp³-hybridized carbons (Fsp3) is 1.00. The van der Waals surface area contributed by atoms with Gasteiger partial charge in [0.2, 0.25) is 0 Å². The van der Waals surface area contributed by atoms with Crippen LogP contribution in [0.5, 0.6) is 0 Å². The first kappa shape index (κ1) is 33.1. The highest BCUT2D eigenvalue weighted by Gasteiger charge is 2.47. The lowest BCUT2D eigenvalue weighted by atomic mass is 9.58. The van der Waals surface area contributed by atoms with E-state index in [0.29, 0.717) is 23.7 Å². The lowest BCUT2D eigenvalue weighted by molar-refractivity contribution is -0.0848. The Hall–Kier alpha value is -0.0800. The molecule has 0 aromatic heterocycles. The molecule has 2 rings (SSSR count). The molecule has 220 valence electrons. The second-order valence-corrected chi connectivity index (χ2v) is 17.9. The van der Waals surface area contributed by atoms with E-state index in [2.05, 4.69) is 83.1 Å². The van der Waals surface area contributed by atoms with E-state index in [1.165, 1.54) is 70.6 Å². The fourth-order valence-electron chi connectivity index (χ4n) is 8.08. The Balaban J connectivity index is 1.78. The molecule has 4 atom stereocenters. The molecule has 2 N–H and O–H groups in total. The second-order valence-electron chi connectivity index (χ2n) is 17.9. The van der Waals surface area contributed by atoms with Crippen LogP contribution in [0.4, 0.5) is 0 Å². The maximum absolute atomic E-state index is 11.2. The van der Waals surface area contributed by atoms with Gasteiger partial charge in [-0.25, -0.2) is 0 Å². The van der Waals surface area contributed by atoms with Gasteiger partial charge >= 0.3 is 0 Å². The summed E-state index contributed by atoms with van der Waals surface area (Å²) in [5.41, 5.74) is 0.701. The summed E-state index contributed by atoms with van der Waals surface area (Å²) in [5, 5.41) is 22.4. The molecule has 2 heteroatoms. The van der Waals surface area contributed by atoms with Gasteiger partial charge < -0.3 is 10.2 Å². The monoisotopic (exact) mass is 521 g/mol. The van der Waals surface area contributed by atoms with Crippen LogP contribution in [-0.2, 0) is 0 Å².